The van der Waals surface area contributed by atoms with Crippen LogP contribution in [0.4, 0.5) is 4.39 Å². The van der Waals surface area contributed by atoms with Gasteiger partial charge in [-0.25, -0.2) is 4.79 Å². The largest absolute Gasteiger partial charge is 0.478 e. The van der Waals surface area contributed by atoms with Crippen molar-refractivity contribution in [2.24, 2.45) is 5.92 Å². The van der Waals surface area contributed by atoms with E-state index in [-0.39, 0.29) is 11.2 Å². The summed E-state index contributed by atoms with van der Waals surface area (Å²) in [6, 6.07) is 1.60. The summed E-state index contributed by atoms with van der Waals surface area (Å²) in [6.45, 7) is 4.94. The molecule has 3 rings (SSSR count). The van der Waals surface area contributed by atoms with Crippen molar-refractivity contribution < 1.29 is 14.3 Å². The third-order valence-electron chi connectivity index (χ3n) is 3.96. The minimum absolute atomic E-state index is 0.0430. The predicted octanol–water partition coefficient (Wildman–Crippen LogP) is 2.40. The molecule has 0 radical (unpaired) electrons. The van der Waals surface area contributed by atoms with E-state index >= 15 is 0 Å². The van der Waals surface area contributed by atoms with Gasteiger partial charge in [0.2, 0.25) is 5.95 Å². The number of likely N-dealkylation sites (tertiary alicyclic amines) is 1. The second-order valence-electron chi connectivity index (χ2n) is 5.84. The maximum absolute atomic E-state index is 13.3. The summed E-state index contributed by atoms with van der Waals surface area (Å²) in [5.74, 6) is -1.09. The van der Waals surface area contributed by atoms with Gasteiger partial charge in [0.25, 0.3) is 0 Å². The highest BCUT2D eigenvalue weighted by Gasteiger charge is 2.19. The van der Waals surface area contributed by atoms with Crippen molar-refractivity contribution in [2.45, 2.75) is 26.3 Å². The summed E-state index contributed by atoms with van der Waals surface area (Å²) in [6.07, 6.45) is 5.37. The summed E-state index contributed by atoms with van der Waals surface area (Å²) >= 11 is 0. The summed E-state index contributed by atoms with van der Waals surface area (Å²) in [7, 11) is 0. The smallest absolute Gasteiger partial charge is 0.339 e. The number of fused-ring (bicyclic) bond motifs is 1. The molecule has 112 valence electrons. The van der Waals surface area contributed by atoms with Crippen molar-refractivity contribution in [1.29, 1.82) is 0 Å². The third kappa shape index (κ3) is 2.90. The second kappa shape index (κ2) is 5.44. The summed E-state index contributed by atoms with van der Waals surface area (Å²) in [4.78, 5) is 17.3. The first-order chi connectivity index (χ1) is 10.0. The molecular formula is C15H18FN3O2. The van der Waals surface area contributed by atoms with Crippen LogP contribution < -0.4 is 0 Å². The molecule has 2 aromatic rings. The van der Waals surface area contributed by atoms with Crippen molar-refractivity contribution in [3.05, 3.63) is 35.5 Å². The molecule has 1 saturated heterocycles. The van der Waals surface area contributed by atoms with E-state index in [1.165, 1.54) is 17.0 Å². The molecule has 6 heteroatoms. The number of hydrogen-bond acceptors (Lipinski definition) is 3. The number of pyridine rings is 1. The van der Waals surface area contributed by atoms with Crippen LogP contribution in [0.25, 0.3) is 5.65 Å². The molecule has 1 atom stereocenters. The maximum atomic E-state index is 13.3. The lowest BCUT2D eigenvalue weighted by atomic mass is 10.00. The van der Waals surface area contributed by atoms with E-state index in [1.54, 1.807) is 12.3 Å². The Labute approximate surface area is 122 Å². The number of imidazole rings is 1. The molecule has 0 amide bonds. The van der Waals surface area contributed by atoms with Gasteiger partial charge >= 0.3 is 5.97 Å². The lowest BCUT2D eigenvalue weighted by Crippen LogP contribution is -2.33. The summed E-state index contributed by atoms with van der Waals surface area (Å²) in [5.41, 5.74) is 1.06. The Bertz CT molecular complexity index is 683. The molecule has 0 saturated carbocycles. The molecule has 0 aliphatic carbocycles. The number of nitrogens with zero attached hydrogens (tertiary/aromatic N) is 3. The van der Waals surface area contributed by atoms with E-state index in [1.807, 2.05) is 0 Å². The van der Waals surface area contributed by atoms with Crippen LogP contribution in [0.15, 0.2) is 18.5 Å². The molecule has 2 aromatic heterocycles. The third-order valence-corrected chi connectivity index (χ3v) is 3.96. The van der Waals surface area contributed by atoms with Gasteiger partial charge in [0.05, 0.1) is 6.20 Å². The zero-order valence-electron chi connectivity index (χ0n) is 11.9. The molecule has 3 heterocycles. The van der Waals surface area contributed by atoms with Gasteiger partial charge in [-0.2, -0.15) is 9.37 Å². The van der Waals surface area contributed by atoms with Crippen molar-refractivity contribution in [2.75, 3.05) is 13.1 Å². The first kappa shape index (κ1) is 14.0. The molecule has 5 nitrogen and oxygen atoms in total. The molecule has 0 unspecified atom stereocenters. The van der Waals surface area contributed by atoms with Crippen LogP contribution in [0.3, 0.4) is 0 Å². The van der Waals surface area contributed by atoms with Gasteiger partial charge in [-0.1, -0.05) is 6.92 Å². The Balaban J connectivity index is 1.93. The van der Waals surface area contributed by atoms with E-state index < -0.39 is 11.9 Å². The predicted molar refractivity (Wildman–Crippen MR) is 75.8 cm³/mol. The monoisotopic (exact) mass is 291 g/mol. The molecule has 1 fully saturated rings. The van der Waals surface area contributed by atoms with Gasteiger partial charge in [0.1, 0.15) is 5.56 Å². The van der Waals surface area contributed by atoms with Crippen LogP contribution in [0.5, 0.6) is 0 Å². The van der Waals surface area contributed by atoms with E-state index in [4.69, 9.17) is 0 Å². The maximum Gasteiger partial charge on any atom is 0.339 e. The van der Waals surface area contributed by atoms with Crippen LogP contribution in [0, 0.1) is 11.9 Å². The Hall–Kier alpha value is -1.95. The lowest BCUT2D eigenvalue weighted by Gasteiger charge is -2.30. The first-order valence-electron chi connectivity index (χ1n) is 7.15. The average molecular weight is 291 g/mol. The molecule has 1 aliphatic heterocycles. The van der Waals surface area contributed by atoms with Crippen LogP contribution in [0.2, 0.25) is 0 Å². The van der Waals surface area contributed by atoms with Crippen molar-refractivity contribution in [1.82, 2.24) is 14.3 Å². The van der Waals surface area contributed by atoms with Crippen molar-refractivity contribution >= 4 is 11.6 Å². The fourth-order valence-electron chi connectivity index (χ4n) is 3.06. The van der Waals surface area contributed by atoms with Gasteiger partial charge < -0.3 is 9.51 Å². The van der Waals surface area contributed by atoms with Gasteiger partial charge in [-0.15, -0.1) is 0 Å². The normalized spacial score (nSPS) is 20.0. The van der Waals surface area contributed by atoms with Crippen molar-refractivity contribution in [3.8, 4) is 0 Å². The Morgan fingerprint density at radius 2 is 2.33 bits per heavy atom. The van der Waals surface area contributed by atoms with E-state index in [9.17, 15) is 14.3 Å². The molecule has 0 bridgehead atoms. The lowest BCUT2D eigenvalue weighted by molar-refractivity contribution is 0.0698. The molecule has 1 N–H and O–H groups in total. The Kier molecular flexibility index (Phi) is 3.63. The Morgan fingerprint density at radius 3 is 3.05 bits per heavy atom. The van der Waals surface area contributed by atoms with Gasteiger partial charge in [-0.05, 0) is 36.9 Å². The molecule has 0 spiro atoms. The number of piperidine rings is 1. The highest BCUT2D eigenvalue weighted by molar-refractivity contribution is 5.94. The van der Waals surface area contributed by atoms with Crippen molar-refractivity contribution in [3.63, 3.8) is 0 Å². The van der Waals surface area contributed by atoms with Crippen LogP contribution in [-0.2, 0) is 6.54 Å². The first-order valence-corrected chi connectivity index (χ1v) is 7.15. The second-order valence-corrected chi connectivity index (χ2v) is 5.84. The highest BCUT2D eigenvalue weighted by Crippen LogP contribution is 2.20. The number of carboxylic acid groups (broad SMARTS) is 1. The van der Waals surface area contributed by atoms with E-state index in [0.717, 1.165) is 25.1 Å². The zero-order valence-corrected chi connectivity index (χ0v) is 11.9. The van der Waals surface area contributed by atoms with Crippen LogP contribution in [-0.4, -0.2) is 38.4 Å². The molecule has 0 aromatic carbocycles. The number of aromatic carboxylic acids is 1. The summed E-state index contributed by atoms with van der Waals surface area (Å²) < 4.78 is 14.7. The fraction of sp³-hybridized carbons (Fsp3) is 0.467. The number of aromatic nitrogens is 2. The zero-order chi connectivity index (χ0) is 15.0. The van der Waals surface area contributed by atoms with E-state index in [0.29, 0.717) is 12.5 Å². The Morgan fingerprint density at radius 1 is 1.52 bits per heavy atom. The van der Waals surface area contributed by atoms with E-state index in [2.05, 4.69) is 16.8 Å². The van der Waals surface area contributed by atoms with Gasteiger partial charge in [0.15, 0.2) is 5.65 Å². The standard InChI is InChI=1S/C15H18FN3O2/c1-10-3-2-4-18(6-10)7-11-5-12(15(20)21)14-17-13(16)9-19(14)8-11/h5,8-10H,2-4,6-7H2,1H3,(H,20,21)/t10-/m0/s1. The average Bonchev–Trinajstić information content (AvgIpc) is 2.77. The minimum Gasteiger partial charge on any atom is -0.478 e. The quantitative estimate of drug-likeness (QED) is 0.943. The van der Waals surface area contributed by atoms with Crippen LogP contribution in [0.1, 0.15) is 35.7 Å². The number of carbonyl (C=O) groups is 1. The van der Waals surface area contributed by atoms with Gasteiger partial charge in [-0.3, -0.25) is 4.90 Å². The number of rotatable bonds is 3. The SMILES string of the molecule is C[C@H]1CCCN(Cc2cc(C(=O)O)c3nc(F)cn3c2)C1. The summed E-state index contributed by atoms with van der Waals surface area (Å²) in [5, 5.41) is 9.28. The molecular weight excluding hydrogens is 273 g/mol. The number of hydrogen-bond donors (Lipinski definition) is 1. The van der Waals surface area contributed by atoms with Crippen LogP contribution >= 0.6 is 0 Å². The minimum atomic E-state index is -1.08. The topological polar surface area (TPSA) is 57.8 Å². The van der Waals surface area contributed by atoms with Gasteiger partial charge in [0, 0.05) is 19.3 Å². The fourth-order valence-corrected chi connectivity index (χ4v) is 3.06. The number of carboxylic acids is 1. The highest BCUT2D eigenvalue weighted by atomic mass is 19.1. The molecule has 1 aliphatic rings. The molecule has 21 heavy (non-hydrogen) atoms. The number of halogens is 1.